The Balaban J connectivity index is 1.76. The van der Waals surface area contributed by atoms with E-state index >= 15 is 0 Å². The molecule has 0 unspecified atom stereocenters. The second-order valence-corrected chi connectivity index (χ2v) is 10.7. The van der Waals surface area contributed by atoms with Crippen molar-refractivity contribution >= 4 is 44.4 Å². The molecule has 13 heteroatoms. The molecule has 1 heterocycles. The van der Waals surface area contributed by atoms with Gasteiger partial charge in [0.1, 0.15) is 12.4 Å². The Morgan fingerprint density at radius 1 is 1.07 bits per heavy atom. The summed E-state index contributed by atoms with van der Waals surface area (Å²) in [5, 5.41) is 27.7. The Labute approximate surface area is 236 Å². The van der Waals surface area contributed by atoms with Gasteiger partial charge in [-0.3, -0.25) is 25.0 Å². The van der Waals surface area contributed by atoms with E-state index in [9.17, 15) is 25.0 Å². The number of ether oxygens (including phenoxy) is 2. The fraction of sp³-hybridized carbons (Fsp3) is 0.222. The van der Waals surface area contributed by atoms with E-state index in [0.29, 0.717) is 26.8 Å². The second kappa shape index (κ2) is 11.2. The van der Waals surface area contributed by atoms with E-state index in [2.05, 4.69) is 26.0 Å². The van der Waals surface area contributed by atoms with Crippen molar-refractivity contribution in [2.45, 2.75) is 32.8 Å². The summed E-state index contributed by atoms with van der Waals surface area (Å²) in [6, 6.07) is 13.7. The summed E-state index contributed by atoms with van der Waals surface area (Å²) in [4.78, 5) is 39.9. The number of non-ortho nitro benzene ring substituents is 1. The van der Waals surface area contributed by atoms with Crippen LogP contribution >= 0.6 is 15.9 Å². The number of nitro groups is 2. The standard InChI is InChI=1S/C27H24BrN5O7/c1-27(2,3)26-30-21-9-8-18(28)13-20(21)25(34)31(26)29-14-17-11-22(33(37)38)24(23(12-17)39-4)40-15-16-6-5-7-19(10-16)32(35)36/h5-14H,15H2,1-4H3. The molecule has 0 aliphatic rings. The Kier molecular flexibility index (Phi) is 7.96. The maximum absolute atomic E-state index is 13.4. The van der Waals surface area contributed by atoms with Crippen LogP contribution in [0.2, 0.25) is 0 Å². The number of nitrogens with zero attached hydrogens (tertiary/aromatic N) is 5. The Hall–Kier alpha value is -4.65. The van der Waals surface area contributed by atoms with Gasteiger partial charge in [0, 0.05) is 33.7 Å². The number of hydrogen-bond acceptors (Lipinski definition) is 9. The van der Waals surface area contributed by atoms with Crippen LogP contribution in [0.25, 0.3) is 10.9 Å². The van der Waals surface area contributed by atoms with Crippen molar-refractivity contribution in [3.63, 3.8) is 0 Å². The van der Waals surface area contributed by atoms with Crippen molar-refractivity contribution in [1.82, 2.24) is 9.66 Å². The lowest BCUT2D eigenvalue weighted by Crippen LogP contribution is -2.29. The lowest BCUT2D eigenvalue weighted by molar-refractivity contribution is -0.386. The third kappa shape index (κ3) is 5.99. The molecule has 0 fully saturated rings. The maximum atomic E-state index is 13.4. The average Bonchev–Trinajstić information content (AvgIpc) is 2.90. The molecule has 1 aromatic heterocycles. The zero-order chi connectivity index (χ0) is 29.2. The van der Waals surface area contributed by atoms with Gasteiger partial charge in [-0.25, -0.2) is 4.98 Å². The van der Waals surface area contributed by atoms with E-state index in [1.54, 1.807) is 24.3 Å². The first kappa shape index (κ1) is 28.4. The lowest BCUT2D eigenvalue weighted by Gasteiger charge is -2.20. The molecule has 0 saturated carbocycles. The molecular weight excluding hydrogens is 586 g/mol. The number of methoxy groups -OCH3 is 1. The highest BCUT2D eigenvalue weighted by Crippen LogP contribution is 2.38. The van der Waals surface area contributed by atoms with Crippen molar-refractivity contribution in [3.05, 3.63) is 107 Å². The molecule has 0 saturated heterocycles. The minimum Gasteiger partial charge on any atom is -0.493 e. The SMILES string of the molecule is COc1cc(C=Nn2c(C(C)(C)C)nc3ccc(Br)cc3c2=O)cc([N+](=O)[O-])c1OCc1cccc([N+](=O)[O-])c1. The largest absolute Gasteiger partial charge is 0.493 e. The first-order chi connectivity index (χ1) is 18.9. The number of halogens is 1. The van der Waals surface area contributed by atoms with Gasteiger partial charge < -0.3 is 9.47 Å². The number of nitro benzene ring substituents is 2. The van der Waals surface area contributed by atoms with Gasteiger partial charge in [-0.2, -0.15) is 9.78 Å². The van der Waals surface area contributed by atoms with Gasteiger partial charge in [0.2, 0.25) is 5.75 Å². The van der Waals surface area contributed by atoms with Crippen molar-refractivity contribution < 1.29 is 19.3 Å². The van der Waals surface area contributed by atoms with Crippen LogP contribution in [-0.2, 0) is 12.0 Å². The van der Waals surface area contributed by atoms with Gasteiger partial charge in [-0.1, -0.05) is 48.8 Å². The van der Waals surface area contributed by atoms with E-state index in [1.807, 2.05) is 20.8 Å². The van der Waals surface area contributed by atoms with Crippen molar-refractivity contribution in [3.8, 4) is 11.5 Å². The lowest BCUT2D eigenvalue weighted by atomic mass is 9.95. The van der Waals surface area contributed by atoms with Crippen LogP contribution in [0.15, 0.2) is 69.0 Å². The molecule has 4 aromatic rings. The summed E-state index contributed by atoms with van der Waals surface area (Å²) in [6.45, 7) is 5.52. The quantitative estimate of drug-likeness (QED) is 0.139. The minimum absolute atomic E-state index is 0.0463. The minimum atomic E-state index is -0.634. The molecule has 0 aliphatic heterocycles. The molecule has 0 spiro atoms. The monoisotopic (exact) mass is 609 g/mol. The molecule has 40 heavy (non-hydrogen) atoms. The molecule has 0 atom stereocenters. The zero-order valence-corrected chi connectivity index (χ0v) is 23.5. The van der Waals surface area contributed by atoms with Crippen LogP contribution in [0.1, 0.15) is 37.7 Å². The predicted octanol–water partition coefficient (Wildman–Crippen LogP) is 5.74. The molecule has 12 nitrogen and oxygen atoms in total. The first-order valence-electron chi connectivity index (χ1n) is 11.9. The third-order valence-electron chi connectivity index (χ3n) is 5.78. The van der Waals surface area contributed by atoms with Gasteiger partial charge in [0.15, 0.2) is 5.75 Å². The molecule has 0 N–H and O–H groups in total. The van der Waals surface area contributed by atoms with Crippen molar-refractivity contribution in [2.24, 2.45) is 5.10 Å². The van der Waals surface area contributed by atoms with E-state index in [1.165, 1.54) is 48.3 Å². The van der Waals surface area contributed by atoms with Crippen LogP contribution in [0, 0.1) is 20.2 Å². The zero-order valence-electron chi connectivity index (χ0n) is 22.0. The van der Waals surface area contributed by atoms with Crippen molar-refractivity contribution in [2.75, 3.05) is 7.11 Å². The summed E-state index contributed by atoms with van der Waals surface area (Å²) >= 11 is 3.37. The van der Waals surface area contributed by atoms with Gasteiger partial charge >= 0.3 is 5.69 Å². The highest BCUT2D eigenvalue weighted by Gasteiger charge is 2.25. The van der Waals surface area contributed by atoms with Crippen molar-refractivity contribution in [1.29, 1.82) is 0 Å². The van der Waals surface area contributed by atoms with Crippen LogP contribution in [-0.4, -0.2) is 32.8 Å². The first-order valence-corrected chi connectivity index (χ1v) is 12.7. The number of fused-ring (bicyclic) bond motifs is 1. The summed E-state index contributed by atoms with van der Waals surface area (Å²) in [7, 11) is 1.33. The average molecular weight is 610 g/mol. The second-order valence-electron chi connectivity index (χ2n) is 9.75. The predicted molar refractivity (Wildman–Crippen MR) is 152 cm³/mol. The summed E-state index contributed by atoms with van der Waals surface area (Å²) < 4.78 is 13.0. The highest BCUT2D eigenvalue weighted by atomic mass is 79.9. The molecule has 0 bridgehead atoms. The molecule has 0 radical (unpaired) electrons. The van der Waals surface area contributed by atoms with Gasteiger partial charge in [0.05, 0.1) is 34.1 Å². The van der Waals surface area contributed by atoms with E-state index < -0.39 is 26.5 Å². The molecule has 0 amide bonds. The number of benzene rings is 3. The van der Waals surface area contributed by atoms with Crippen LogP contribution < -0.4 is 15.0 Å². The van der Waals surface area contributed by atoms with Gasteiger partial charge in [-0.05, 0) is 29.8 Å². The highest BCUT2D eigenvalue weighted by molar-refractivity contribution is 9.10. The number of rotatable bonds is 8. The normalized spacial score (nSPS) is 11.6. The fourth-order valence-corrected chi connectivity index (χ4v) is 4.26. The fourth-order valence-electron chi connectivity index (χ4n) is 3.90. The van der Waals surface area contributed by atoms with E-state index in [0.717, 1.165) is 0 Å². The van der Waals surface area contributed by atoms with Crippen LogP contribution in [0.5, 0.6) is 11.5 Å². The summed E-state index contributed by atoms with van der Waals surface area (Å²) in [5.74, 6) is 0.299. The van der Waals surface area contributed by atoms with Gasteiger partial charge in [0.25, 0.3) is 11.2 Å². The number of hydrogen-bond donors (Lipinski definition) is 0. The van der Waals surface area contributed by atoms with Crippen LogP contribution in [0.4, 0.5) is 11.4 Å². The van der Waals surface area contributed by atoms with Crippen LogP contribution in [0.3, 0.4) is 0 Å². The summed E-state index contributed by atoms with van der Waals surface area (Å²) in [6.07, 6.45) is 1.31. The van der Waals surface area contributed by atoms with E-state index in [4.69, 9.17) is 9.47 Å². The molecular formula is C27H24BrN5O7. The maximum Gasteiger partial charge on any atom is 0.315 e. The molecule has 4 rings (SSSR count). The van der Waals surface area contributed by atoms with E-state index in [-0.39, 0.29) is 29.4 Å². The Morgan fingerprint density at radius 2 is 1.82 bits per heavy atom. The van der Waals surface area contributed by atoms with Gasteiger partial charge in [-0.15, -0.1) is 0 Å². The molecule has 206 valence electrons. The Morgan fingerprint density at radius 3 is 2.48 bits per heavy atom. The Bertz CT molecular complexity index is 1730. The molecule has 0 aliphatic carbocycles. The number of aromatic nitrogens is 2. The third-order valence-corrected chi connectivity index (χ3v) is 6.27. The smallest absolute Gasteiger partial charge is 0.315 e. The topological polar surface area (TPSA) is 152 Å². The summed E-state index contributed by atoms with van der Waals surface area (Å²) in [5.41, 5.74) is -0.248. The molecule has 3 aromatic carbocycles.